The van der Waals surface area contributed by atoms with Crippen molar-refractivity contribution in [3.63, 3.8) is 0 Å². The van der Waals surface area contributed by atoms with Gasteiger partial charge in [-0.2, -0.15) is 0 Å². The van der Waals surface area contributed by atoms with Gasteiger partial charge in [0.1, 0.15) is 0 Å². The number of alkyl halides is 1. The molecule has 0 bridgehead atoms. The molecule has 0 rings (SSSR count). The van der Waals surface area contributed by atoms with E-state index < -0.39 is 0 Å². The first-order valence-corrected chi connectivity index (χ1v) is 6.54. The third-order valence-corrected chi connectivity index (χ3v) is 3.19. The molecule has 2 heteroatoms. The van der Waals surface area contributed by atoms with E-state index in [-0.39, 0.29) is 9.08 Å². The molecule has 1 nitrogen and oxygen atoms in total. The maximum Gasteiger partial charge on any atom is 0.0679 e. The van der Waals surface area contributed by atoms with E-state index in [4.69, 9.17) is 0 Å². The average Bonchev–Trinajstić information content (AvgIpc) is 1.79. The normalized spacial score (nSPS) is 16.5. The quantitative estimate of drug-likeness (QED) is 0.427. The van der Waals surface area contributed by atoms with Gasteiger partial charge in [0.15, 0.2) is 0 Å². The van der Waals surface area contributed by atoms with Crippen LogP contribution in [0.15, 0.2) is 0 Å². The summed E-state index contributed by atoms with van der Waals surface area (Å²) < 4.78 is 0.208. The van der Waals surface area contributed by atoms with Crippen LogP contribution in [0.5, 0.6) is 0 Å². The van der Waals surface area contributed by atoms with E-state index in [1.165, 1.54) is 0 Å². The summed E-state index contributed by atoms with van der Waals surface area (Å²) in [5.74, 6) is 0.697. The lowest BCUT2D eigenvalue weighted by molar-refractivity contribution is 0.0273. The van der Waals surface area contributed by atoms with E-state index in [0.717, 1.165) is 0 Å². The first-order valence-electron chi connectivity index (χ1n) is 5.46. The number of hydrogen-bond acceptors (Lipinski definition) is 1. The zero-order chi connectivity index (χ0) is 11.7. The van der Waals surface area contributed by atoms with E-state index in [9.17, 15) is 0 Å². The van der Waals surface area contributed by atoms with Crippen molar-refractivity contribution in [2.45, 2.75) is 70.5 Å². The molecule has 0 N–H and O–H groups in total. The maximum absolute atomic E-state index is 2.60. The second-order valence-corrected chi connectivity index (χ2v) is 8.58. The SMILES string of the molecule is CC(C)C(C)N(C(C)(C)C)C(C)(C)I. The summed E-state index contributed by atoms with van der Waals surface area (Å²) in [6.07, 6.45) is 0. The third kappa shape index (κ3) is 4.05. The van der Waals surface area contributed by atoms with E-state index in [2.05, 4.69) is 82.9 Å². The Morgan fingerprint density at radius 3 is 1.36 bits per heavy atom. The molecule has 14 heavy (non-hydrogen) atoms. The summed E-state index contributed by atoms with van der Waals surface area (Å²) in [6.45, 7) is 18.4. The molecule has 0 saturated heterocycles. The zero-order valence-corrected chi connectivity index (χ0v) is 13.1. The molecule has 0 aliphatic carbocycles. The van der Waals surface area contributed by atoms with Crippen LogP contribution < -0.4 is 0 Å². The Hall–Kier alpha value is 0.690. The molecule has 1 unspecified atom stereocenters. The van der Waals surface area contributed by atoms with E-state index in [0.29, 0.717) is 12.0 Å². The minimum Gasteiger partial charge on any atom is -0.282 e. The highest BCUT2D eigenvalue weighted by Gasteiger charge is 2.37. The molecule has 0 radical (unpaired) electrons. The van der Waals surface area contributed by atoms with Crippen LogP contribution in [-0.2, 0) is 0 Å². The Kier molecular flexibility index (Phi) is 4.92. The Labute approximate surface area is 104 Å². The van der Waals surface area contributed by atoms with Crippen molar-refractivity contribution in [2.24, 2.45) is 5.92 Å². The minimum absolute atomic E-state index is 0.208. The van der Waals surface area contributed by atoms with Crippen molar-refractivity contribution in [3.8, 4) is 0 Å². The lowest BCUT2D eigenvalue weighted by Gasteiger charge is -2.49. The number of nitrogens with zero attached hydrogens (tertiary/aromatic N) is 1. The Bertz CT molecular complexity index is 160. The van der Waals surface area contributed by atoms with Crippen molar-refractivity contribution < 1.29 is 0 Å². The van der Waals surface area contributed by atoms with Crippen LogP contribution in [0.1, 0.15) is 55.4 Å². The highest BCUT2D eigenvalue weighted by atomic mass is 127. The van der Waals surface area contributed by atoms with Crippen molar-refractivity contribution in [1.82, 2.24) is 4.90 Å². The topological polar surface area (TPSA) is 3.24 Å². The van der Waals surface area contributed by atoms with Gasteiger partial charge in [-0.15, -0.1) is 0 Å². The lowest BCUT2D eigenvalue weighted by atomic mass is 9.95. The van der Waals surface area contributed by atoms with E-state index >= 15 is 0 Å². The van der Waals surface area contributed by atoms with Gasteiger partial charge in [-0.1, -0.05) is 36.4 Å². The molecule has 0 spiro atoms. The molecule has 86 valence electrons. The lowest BCUT2D eigenvalue weighted by Crippen LogP contribution is -2.56. The van der Waals surface area contributed by atoms with E-state index in [1.807, 2.05) is 0 Å². The molecule has 0 aromatic carbocycles. The predicted molar refractivity (Wildman–Crippen MR) is 74.0 cm³/mol. The van der Waals surface area contributed by atoms with Crippen LogP contribution >= 0.6 is 22.6 Å². The van der Waals surface area contributed by atoms with Crippen molar-refractivity contribution in [2.75, 3.05) is 0 Å². The summed E-state index contributed by atoms with van der Waals surface area (Å²) in [5, 5.41) is 0. The number of hydrogen-bond donors (Lipinski definition) is 0. The fourth-order valence-corrected chi connectivity index (χ4v) is 3.35. The predicted octanol–water partition coefficient (Wildman–Crippen LogP) is 4.30. The monoisotopic (exact) mass is 311 g/mol. The number of rotatable bonds is 3. The molecule has 0 aromatic heterocycles. The van der Waals surface area contributed by atoms with E-state index in [1.54, 1.807) is 0 Å². The Balaban J connectivity index is 4.94. The summed E-state index contributed by atoms with van der Waals surface area (Å²) >= 11 is 2.54. The van der Waals surface area contributed by atoms with Crippen LogP contribution in [0.3, 0.4) is 0 Å². The second-order valence-electron chi connectivity index (χ2n) is 5.94. The highest BCUT2D eigenvalue weighted by molar-refractivity contribution is 14.1. The third-order valence-electron chi connectivity index (χ3n) is 2.67. The molecule has 0 heterocycles. The first-order chi connectivity index (χ1) is 5.98. The van der Waals surface area contributed by atoms with Crippen LogP contribution in [0.2, 0.25) is 0 Å². The Morgan fingerprint density at radius 1 is 0.929 bits per heavy atom. The van der Waals surface area contributed by atoms with Gasteiger partial charge in [0.2, 0.25) is 0 Å². The molecular formula is C12H26IN. The van der Waals surface area contributed by atoms with Gasteiger partial charge in [-0.25, -0.2) is 0 Å². The molecule has 1 atom stereocenters. The largest absolute Gasteiger partial charge is 0.282 e. The molecule has 0 fully saturated rings. The molecule has 0 aliphatic rings. The molecule has 0 amide bonds. The molecule has 0 aliphatic heterocycles. The summed E-state index contributed by atoms with van der Waals surface area (Å²) in [6, 6.07) is 0.613. The highest BCUT2D eigenvalue weighted by Crippen LogP contribution is 2.34. The Morgan fingerprint density at radius 2 is 1.29 bits per heavy atom. The smallest absolute Gasteiger partial charge is 0.0679 e. The number of halogens is 1. The van der Waals surface area contributed by atoms with Crippen LogP contribution in [-0.4, -0.2) is 20.0 Å². The average molecular weight is 311 g/mol. The molecule has 0 aromatic rings. The summed E-state index contributed by atoms with van der Waals surface area (Å²) in [7, 11) is 0. The standard InChI is InChI=1S/C12H26IN/c1-9(2)10(3)14(11(4,5)6)12(7,8)13/h9-10H,1-8H3. The van der Waals surface area contributed by atoms with Gasteiger partial charge in [0, 0.05) is 11.6 Å². The van der Waals surface area contributed by atoms with Crippen LogP contribution in [0, 0.1) is 5.92 Å². The van der Waals surface area contributed by atoms with Gasteiger partial charge in [0.05, 0.1) is 3.55 Å². The zero-order valence-electron chi connectivity index (χ0n) is 11.0. The summed E-state index contributed by atoms with van der Waals surface area (Å²) in [4.78, 5) is 2.60. The maximum atomic E-state index is 2.60. The van der Waals surface area contributed by atoms with Gasteiger partial charge < -0.3 is 0 Å². The minimum atomic E-state index is 0.208. The molecule has 0 saturated carbocycles. The summed E-state index contributed by atoms with van der Waals surface area (Å²) in [5.41, 5.74) is 0.231. The van der Waals surface area contributed by atoms with Crippen molar-refractivity contribution >= 4 is 22.6 Å². The van der Waals surface area contributed by atoms with Crippen molar-refractivity contribution in [3.05, 3.63) is 0 Å². The van der Waals surface area contributed by atoms with Crippen LogP contribution in [0.4, 0.5) is 0 Å². The van der Waals surface area contributed by atoms with Gasteiger partial charge >= 0.3 is 0 Å². The van der Waals surface area contributed by atoms with Crippen LogP contribution in [0.25, 0.3) is 0 Å². The fourth-order valence-electron chi connectivity index (χ4n) is 2.19. The second kappa shape index (κ2) is 4.69. The fraction of sp³-hybridized carbons (Fsp3) is 1.00. The van der Waals surface area contributed by atoms with Crippen molar-refractivity contribution in [1.29, 1.82) is 0 Å². The first kappa shape index (κ1) is 14.7. The molecular weight excluding hydrogens is 285 g/mol. The van der Waals surface area contributed by atoms with Gasteiger partial charge in [-0.05, 0) is 47.5 Å². The van der Waals surface area contributed by atoms with Gasteiger partial charge in [-0.3, -0.25) is 4.90 Å². The van der Waals surface area contributed by atoms with Gasteiger partial charge in [0.25, 0.3) is 0 Å².